The minimum atomic E-state index is 0.0228. The number of hydrogen-bond acceptors (Lipinski definition) is 2. The van der Waals surface area contributed by atoms with E-state index >= 15 is 0 Å². The average molecular weight is 305 g/mol. The molecule has 0 spiro atoms. The normalized spacial score (nSPS) is 10.1. The number of carbonyl (C=O) groups is 1. The zero-order valence-corrected chi connectivity index (χ0v) is 12.0. The van der Waals surface area contributed by atoms with Gasteiger partial charge in [0.2, 0.25) is 0 Å². The number of carbonyl (C=O) groups excluding carboxylic acids is 1. The maximum absolute atomic E-state index is 11.3. The fourth-order valence-electron chi connectivity index (χ4n) is 1.71. The van der Waals surface area contributed by atoms with Gasteiger partial charge in [-0.1, -0.05) is 0 Å². The molecule has 0 heterocycles. The third kappa shape index (κ3) is 3.22. The number of rotatable bonds is 4. The van der Waals surface area contributed by atoms with E-state index in [1.165, 1.54) is 0 Å². The van der Waals surface area contributed by atoms with E-state index in [1.807, 2.05) is 65.4 Å². The fraction of sp³-hybridized carbons (Fsp3) is 0.133. The molecule has 0 radical (unpaired) electrons. The summed E-state index contributed by atoms with van der Waals surface area (Å²) in [5.74, 6) is 0.786. The number of ether oxygens (including phenoxy) is 1. The van der Waals surface area contributed by atoms with Crippen LogP contribution in [-0.2, 0) is 6.61 Å². The van der Waals surface area contributed by atoms with Crippen molar-refractivity contribution in [2.45, 2.75) is 13.5 Å². The molecule has 0 N–H and O–H groups in total. The molecule has 0 fully saturated rings. The van der Waals surface area contributed by atoms with E-state index in [9.17, 15) is 4.79 Å². The third-order valence-corrected chi connectivity index (χ3v) is 3.18. The van der Waals surface area contributed by atoms with Crippen LogP contribution in [-0.4, -0.2) is 20.7 Å². The van der Waals surface area contributed by atoms with E-state index in [1.54, 1.807) is 6.07 Å². The van der Waals surface area contributed by atoms with Crippen molar-refractivity contribution in [3.63, 3.8) is 0 Å². The van der Waals surface area contributed by atoms with Gasteiger partial charge in [-0.3, -0.25) is 0 Å². The second-order valence-electron chi connectivity index (χ2n) is 4.06. The molecule has 2 aromatic carbocycles. The van der Waals surface area contributed by atoms with E-state index < -0.39 is 0 Å². The molecule has 2 aromatic rings. The first-order valence-electron chi connectivity index (χ1n) is 5.67. The van der Waals surface area contributed by atoms with Crippen LogP contribution in [0.4, 0.5) is 0 Å². The minimum absolute atomic E-state index is 0.0228. The summed E-state index contributed by atoms with van der Waals surface area (Å²) in [6.07, 6.45) is 0. The molecule has 0 atom stereocenters. The third-order valence-electron chi connectivity index (χ3n) is 2.68. The van der Waals surface area contributed by atoms with Crippen molar-refractivity contribution in [2.75, 3.05) is 0 Å². The summed E-state index contributed by atoms with van der Waals surface area (Å²) in [6, 6.07) is 15.5. The fourth-order valence-corrected chi connectivity index (χ4v) is 2.23. The van der Waals surface area contributed by atoms with Gasteiger partial charge >= 0.3 is 115 Å². The van der Waals surface area contributed by atoms with Crippen LogP contribution in [0.25, 0.3) is 0 Å². The summed E-state index contributed by atoms with van der Waals surface area (Å²) in [5.41, 5.74) is 2.79. The SMILES string of the molecule is Cc1cc(OCc2ccccc2)ccc1C(=O)[SeH]. The molecule has 0 aliphatic carbocycles. The first-order valence-corrected chi connectivity index (χ1v) is 6.61. The first kappa shape index (κ1) is 12.9. The zero-order chi connectivity index (χ0) is 13.0. The van der Waals surface area contributed by atoms with Crippen LogP contribution in [0.5, 0.6) is 5.75 Å². The molecule has 18 heavy (non-hydrogen) atoms. The van der Waals surface area contributed by atoms with E-state index in [0.29, 0.717) is 6.61 Å². The number of hydrogen-bond donors (Lipinski definition) is 0. The first-order chi connectivity index (χ1) is 8.66. The molecule has 0 saturated carbocycles. The Morgan fingerprint density at radius 3 is 2.50 bits per heavy atom. The van der Waals surface area contributed by atoms with Gasteiger partial charge in [0, 0.05) is 0 Å². The van der Waals surface area contributed by atoms with Gasteiger partial charge in [0.15, 0.2) is 0 Å². The van der Waals surface area contributed by atoms with Crippen molar-refractivity contribution in [1.82, 2.24) is 0 Å². The van der Waals surface area contributed by atoms with Crippen LogP contribution in [0, 0.1) is 6.92 Å². The second-order valence-corrected chi connectivity index (χ2v) is 4.91. The van der Waals surface area contributed by atoms with Crippen LogP contribution < -0.4 is 4.74 Å². The molecule has 0 saturated heterocycles. The summed E-state index contributed by atoms with van der Waals surface area (Å²) < 4.78 is 5.71. The molecule has 0 aliphatic rings. The van der Waals surface area contributed by atoms with Crippen LogP contribution in [0.15, 0.2) is 48.5 Å². The van der Waals surface area contributed by atoms with E-state index in [0.717, 1.165) is 22.4 Å². The van der Waals surface area contributed by atoms with Crippen molar-refractivity contribution < 1.29 is 9.53 Å². The zero-order valence-electron chi connectivity index (χ0n) is 10.1. The van der Waals surface area contributed by atoms with Crippen molar-refractivity contribution in [3.05, 3.63) is 65.2 Å². The molecule has 2 rings (SSSR count). The van der Waals surface area contributed by atoms with Crippen molar-refractivity contribution in [3.8, 4) is 5.75 Å². The Hall–Kier alpha value is -1.57. The Balaban J connectivity index is 2.07. The molecule has 0 unspecified atom stereocenters. The quantitative estimate of drug-likeness (QED) is 0.812. The van der Waals surface area contributed by atoms with Crippen LogP contribution in [0.3, 0.4) is 0 Å². The predicted octanol–water partition coefficient (Wildman–Crippen LogP) is 2.62. The van der Waals surface area contributed by atoms with Gasteiger partial charge in [-0.25, -0.2) is 0 Å². The molecule has 3 heteroatoms. The number of aryl methyl sites for hydroxylation is 1. The summed E-state index contributed by atoms with van der Waals surface area (Å²) in [6.45, 7) is 2.45. The van der Waals surface area contributed by atoms with Crippen molar-refractivity contribution in [1.29, 1.82) is 0 Å². The summed E-state index contributed by atoms with van der Waals surface area (Å²) in [5, 5.41) is 0. The van der Waals surface area contributed by atoms with Gasteiger partial charge in [0.1, 0.15) is 0 Å². The topological polar surface area (TPSA) is 26.3 Å². The molecule has 2 nitrogen and oxygen atoms in total. The Labute approximate surface area is 115 Å². The number of benzene rings is 2. The molecule has 0 bridgehead atoms. The predicted molar refractivity (Wildman–Crippen MR) is 73.4 cm³/mol. The molecule has 0 aliphatic heterocycles. The Morgan fingerprint density at radius 2 is 1.89 bits per heavy atom. The molecule has 0 aromatic heterocycles. The van der Waals surface area contributed by atoms with Gasteiger partial charge in [-0.2, -0.15) is 0 Å². The summed E-state index contributed by atoms with van der Waals surface area (Å²) in [4.78, 5) is 11.3. The van der Waals surface area contributed by atoms with Crippen LogP contribution in [0.2, 0.25) is 0 Å². The summed E-state index contributed by atoms with van der Waals surface area (Å²) in [7, 11) is 0. The maximum atomic E-state index is 11.3. The van der Waals surface area contributed by atoms with E-state index in [2.05, 4.69) is 0 Å². The second kappa shape index (κ2) is 5.85. The van der Waals surface area contributed by atoms with Crippen LogP contribution >= 0.6 is 0 Å². The van der Waals surface area contributed by atoms with Gasteiger partial charge in [-0.15, -0.1) is 0 Å². The van der Waals surface area contributed by atoms with Gasteiger partial charge in [0.05, 0.1) is 0 Å². The van der Waals surface area contributed by atoms with Gasteiger partial charge in [0.25, 0.3) is 0 Å². The standard InChI is InChI=1S/C15H14O2Se/c1-11-9-13(7-8-14(11)15(16)18)17-10-12-5-3-2-4-6-12/h2-9H,10H2,1H3,(H,16,18). The average Bonchev–Trinajstić information content (AvgIpc) is 2.37. The molecular weight excluding hydrogens is 291 g/mol. The van der Waals surface area contributed by atoms with E-state index in [4.69, 9.17) is 4.74 Å². The molecule has 92 valence electrons. The van der Waals surface area contributed by atoms with E-state index in [-0.39, 0.29) is 4.68 Å². The molecule has 0 amide bonds. The Morgan fingerprint density at radius 1 is 1.17 bits per heavy atom. The van der Waals surface area contributed by atoms with Crippen molar-refractivity contribution >= 4 is 20.7 Å². The Kier molecular flexibility index (Phi) is 4.19. The van der Waals surface area contributed by atoms with Gasteiger partial charge < -0.3 is 0 Å². The monoisotopic (exact) mass is 306 g/mol. The molecular formula is C15H14O2Se. The van der Waals surface area contributed by atoms with Crippen molar-refractivity contribution in [2.24, 2.45) is 0 Å². The van der Waals surface area contributed by atoms with Crippen LogP contribution in [0.1, 0.15) is 21.5 Å². The summed E-state index contributed by atoms with van der Waals surface area (Å²) >= 11 is 2.04. The Bertz CT molecular complexity index is 550. The van der Waals surface area contributed by atoms with Gasteiger partial charge in [-0.05, 0) is 0 Å².